The summed E-state index contributed by atoms with van der Waals surface area (Å²) >= 11 is 6.06. The smallest absolute Gasteiger partial charge is 0.251 e. The molecule has 6 nitrogen and oxygen atoms in total. The molecule has 2 amide bonds. The number of rotatable bonds is 2. The second-order valence-corrected chi connectivity index (χ2v) is 7.30. The van der Waals surface area contributed by atoms with Crippen LogP contribution in [-0.2, 0) is 19.1 Å². The van der Waals surface area contributed by atoms with E-state index in [-0.39, 0.29) is 18.2 Å². The number of halogens is 1. The molecule has 1 spiro atoms. The van der Waals surface area contributed by atoms with Gasteiger partial charge in [0, 0.05) is 31.0 Å². The summed E-state index contributed by atoms with van der Waals surface area (Å²) in [6, 6.07) is 4.85. The van der Waals surface area contributed by atoms with E-state index >= 15 is 0 Å². The minimum atomic E-state index is -0.481. The molecule has 0 aromatic heterocycles. The van der Waals surface area contributed by atoms with Crippen molar-refractivity contribution in [1.82, 2.24) is 4.90 Å². The van der Waals surface area contributed by atoms with Crippen LogP contribution in [0.4, 0.5) is 5.69 Å². The topological polar surface area (TPSA) is 59.1 Å². The summed E-state index contributed by atoms with van der Waals surface area (Å²) < 4.78 is 11.5. The van der Waals surface area contributed by atoms with Crippen LogP contribution in [0.25, 0.3) is 0 Å². The molecule has 0 radical (unpaired) electrons. The van der Waals surface area contributed by atoms with Crippen LogP contribution in [0.1, 0.15) is 24.8 Å². The summed E-state index contributed by atoms with van der Waals surface area (Å²) in [5.74, 6) is -0.820. The third-order valence-corrected chi connectivity index (χ3v) is 5.58. The Morgan fingerprint density at radius 2 is 1.84 bits per heavy atom. The van der Waals surface area contributed by atoms with Gasteiger partial charge in [0.25, 0.3) is 5.91 Å². The van der Waals surface area contributed by atoms with Gasteiger partial charge in [0.05, 0.1) is 31.4 Å². The fourth-order valence-corrected chi connectivity index (χ4v) is 4.11. The van der Waals surface area contributed by atoms with Gasteiger partial charge >= 0.3 is 0 Å². The van der Waals surface area contributed by atoms with E-state index in [4.69, 9.17) is 21.1 Å². The number of carbonyl (C=O) groups excluding carboxylic acids is 2. The molecule has 7 heteroatoms. The molecule has 3 fully saturated rings. The number of ether oxygens (including phenoxy) is 2. The molecule has 0 bridgehead atoms. The Hall–Kier alpha value is -1.47. The number of aryl methyl sites for hydroxylation is 1. The number of anilines is 1. The van der Waals surface area contributed by atoms with Crippen LogP contribution in [0, 0.1) is 6.92 Å². The highest BCUT2D eigenvalue weighted by atomic mass is 35.5. The van der Waals surface area contributed by atoms with Crippen LogP contribution in [0.2, 0.25) is 5.02 Å². The van der Waals surface area contributed by atoms with Crippen LogP contribution in [0.5, 0.6) is 0 Å². The molecule has 4 rings (SSSR count). The summed E-state index contributed by atoms with van der Waals surface area (Å²) in [4.78, 5) is 28.9. The molecule has 3 aliphatic rings. The number of amides is 2. The van der Waals surface area contributed by atoms with Crippen LogP contribution in [0.3, 0.4) is 0 Å². The van der Waals surface area contributed by atoms with Gasteiger partial charge in [-0.05, 0) is 24.6 Å². The van der Waals surface area contributed by atoms with E-state index < -0.39 is 11.8 Å². The van der Waals surface area contributed by atoms with Crippen LogP contribution in [0.15, 0.2) is 18.2 Å². The lowest BCUT2D eigenvalue weighted by Gasteiger charge is -2.39. The highest BCUT2D eigenvalue weighted by Gasteiger charge is 2.47. The summed E-state index contributed by atoms with van der Waals surface area (Å²) in [7, 11) is 0. The van der Waals surface area contributed by atoms with Gasteiger partial charge in [-0.1, -0.05) is 17.7 Å². The number of benzene rings is 1. The van der Waals surface area contributed by atoms with E-state index in [1.54, 1.807) is 12.1 Å². The van der Waals surface area contributed by atoms with Crippen LogP contribution >= 0.6 is 11.6 Å². The molecule has 3 saturated heterocycles. The average molecular weight is 365 g/mol. The standard InChI is InChI=1S/C18H21ClN2O4/c1-12-2-3-13(19)10-14(12)21-16(22)11-15(17(21)23)20-6-4-18(5-7-20)24-8-9-25-18/h2-3,10,15H,4-9,11H2,1H3. The number of nitrogens with zero attached hydrogens (tertiary/aromatic N) is 2. The molecule has 1 aromatic carbocycles. The maximum absolute atomic E-state index is 12.9. The Kier molecular flexibility index (Phi) is 4.32. The Morgan fingerprint density at radius 1 is 1.16 bits per heavy atom. The quantitative estimate of drug-likeness (QED) is 0.752. The molecule has 134 valence electrons. The normalized spacial score (nSPS) is 26.8. The fraction of sp³-hybridized carbons (Fsp3) is 0.556. The largest absolute Gasteiger partial charge is 0.347 e. The average Bonchev–Trinajstić information content (AvgIpc) is 3.16. The van der Waals surface area contributed by atoms with Crippen molar-refractivity contribution in [2.45, 2.75) is 38.0 Å². The van der Waals surface area contributed by atoms with E-state index in [0.717, 1.165) is 18.4 Å². The SMILES string of the molecule is Cc1ccc(Cl)cc1N1C(=O)CC(N2CCC3(CC2)OCCO3)C1=O. The lowest BCUT2D eigenvalue weighted by molar-refractivity contribution is -0.188. The minimum absolute atomic E-state index is 0.167. The Bertz CT molecular complexity index is 707. The first-order chi connectivity index (χ1) is 12.0. The van der Waals surface area contributed by atoms with Gasteiger partial charge in [-0.2, -0.15) is 0 Å². The number of piperidine rings is 1. The van der Waals surface area contributed by atoms with Gasteiger partial charge < -0.3 is 9.47 Å². The number of imide groups is 1. The molecule has 1 unspecified atom stereocenters. The zero-order valence-electron chi connectivity index (χ0n) is 14.2. The third kappa shape index (κ3) is 2.97. The van der Waals surface area contributed by atoms with Crippen molar-refractivity contribution in [2.24, 2.45) is 0 Å². The molecular weight excluding hydrogens is 344 g/mol. The summed E-state index contributed by atoms with van der Waals surface area (Å²) in [6.07, 6.45) is 1.65. The highest BCUT2D eigenvalue weighted by molar-refractivity contribution is 6.31. The lowest BCUT2D eigenvalue weighted by atomic mass is 10.0. The van der Waals surface area contributed by atoms with Gasteiger partial charge in [-0.25, -0.2) is 4.90 Å². The first-order valence-electron chi connectivity index (χ1n) is 8.64. The fourth-order valence-electron chi connectivity index (χ4n) is 3.94. The second kappa shape index (κ2) is 6.36. The predicted molar refractivity (Wildman–Crippen MR) is 92.5 cm³/mol. The predicted octanol–water partition coefficient (Wildman–Crippen LogP) is 2.12. The Balaban J connectivity index is 1.51. The molecule has 25 heavy (non-hydrogen) atoms. The van der Waals surface area contributed by atoms with Gasteiger partial charge in [0.15, 0.2) is 5.79 Å². The van der Waals surface area contributed by atoms with Crippen molar-refractivity contribution < 1.29 is 19.1 Å². The van der Waals surface area contributed by atoms with Crippen molar-refractivity contribution in [3.63, 3.8) is 0 Å². The number of hydrogen-bond donors (Lipinski definition) is 0. The number of carbonyl (C=O) groups is 2. The number of likely N-dealkylation sites (tertiary alicyclic amines) is 1. The highest BCUT2D eigenvalue weighted by Crippen LogP contribution is 2.35. The first kappa shape index (κ1) is 17.0. The van der Waals surface area contributed by atoms with Gasteiger partial charge in [-0.3, -0.25) is 14.5 Å². The number of hydrogen-bond acceptors (Lipinski definition) is 5. The van der Waals surface area contributed by atoms with Crippen LogP contribution < -0.4 is 4.90 Å². The van der Waals surface area contributed by atoms with E-state index in [2.05, 4.69) is 4.90 Å². The first-order valence-corrected chi connectivity index (χ1v) is 9.02. The van der Waals surface area contributed by atoms with E-state index in [9.17, 15) is 9.59 Å². The lowest BCUT2D eigenvalue weighted by Crippen LogP contribution is -2.51. The van der Waals surface area contributed by atoms with E-state index in [1.807, 2.05) is 13.0 Å². The molecule has 3 aliphatic heterocycles. The Morgan fingerprint density at radius 3 is 2.52 bits per heavy atom. The summed E-state index contributed by atoms with van der Waals surface area (Å²) in [6.45, 7) is 4.50. The molecule has 0 saturated carbocycles. The Labute approximate surface area is 151 Å². The van der Waals surface area contributed by atoms with Gasteiger partial charge in [0.1, 0.15) is 0 Å². The third-order valence-electron chi connectivity index (χ3n) is 5.35. The molecule has 0 N–H and O–H groups in total. The van der Waals surface area contributed by atoms with Gasteiger partial charge in [0.2, 0.25) is 5.91 Å². The van der Waals surface area contributed by atoms with E-state index in [1.165, 1.54) is 4.90 Å². The zero-order valence-corrected chi connectivity index (χ0v) is 14.9. The molecule has 1 aromatic rings. The maximum atomic E-state index is 12.9. The molecule has 3 heterocycles. The van der Waals surface area contributed by atoms with Crippen LogP contribution in [-0.4, -0.2) is 54.8 Å². The van der Waals surface area contributed by atoms with Crippen molar-refractivity contribution >= 4 is 29.1 Å². The van der Waals surface area contributed by atoms with Gasteiger partial charge in [-0.15, -0.1) is 0 Å². The minimum Gasteiger partial charge on any atom is -0.347 e. The monoisotopic (exact) mass is 364 g/mol. The maximum Gasteiger partial charge on any atom is 0.251 e. The zero-order chi connectivity index (χ0) is 17.6. The van der Waals surface area contributed by atoms with Crippen molar-refractivity contribution in [1.29, 1.82) is 0 Å². The molecule has 0 aliphatic carbocycles. The van der Waals surface area contributed by atoms with Crippen molar-refractivity contribution in [2.75, 3.05) is 31.2 Å². The molecular formula is C18H21ClN2O4. The van der Waals surface area contributed by atoms with E-state index in [0.29, 0.717) is 37.0 Å². The summed E-state index contributed by atoms with van der Waals surface area (Å²) in [5, 5.41) is 0.514. The second-order valence-electron chi connectivity index (χ2n) is 6.86. The van der Waals surface area contributed by atoms with Crippen molar-refractivity contribution in [3.05, 3.63) is 28.8 Å². The summed E-state index contributed by atoms with van der Waals surface area (Å²) in [5.41, 5.74) is 1.44. The molecule has 1 atom stereocenters. The van der Waals surface area contributed by atoms with Crippen molar-refractivity contribution in [3.8, 4) is 0 Å².